The molecule has 7 nitrogen and oxygen atoms in total. The van der Waals surface area contributed by atoms with Crippen LogP contribution >= 0.6 is 0 Å². The quantitative estimate of drug-likeness (QED) is 0.703. The predicted molar refractivity (Wildman–Crippen MR) is 113 cm³/mol. The highest BCUT2D eigenvalue weighted by Gasteiger charge is 2.38. The second kappa shape index (κ2) is 9.87. The molecule has 1 N–H and O–H groups in total. The van der Waals surface area contributed by atoms with Gasteiger partial charge in [-0.3, -0.25) is 14.5 Å². The summed E-state index contributed by atoms with van der Waals surface area (Å²) in [5.74, 6) is -0.765. The second-order valence-corrected chi connectivity index (χ2v) is 10.6. The van der Waals surface area contributed by atoms with Crippen molar-refractivity contribution in [1.29, 1.82) is 0 Å². The van der Waals surface area contributed by atoms with E-state index >= 15 is 0 Å². The number of rotatable bonds is 7. The standard InChI is InChI=1S/C21H30FN3O4S/c1-24(13-20(26)23-17-7-5-6-16(22)12-17)14-21(27)25(18-8-3-2-4-9-18)19-10-11-30(28,29)15-19/h5-7,12,18-19H,2-4,8-11,13-15H2,1H3,(H,23,26). The van der Waals surface area contributed by atoms with E-state index in [9.17, 15) is 22.4 Å². The molecule has 0 aromatic heterocycles. The topological polar surface area (TPSA) is 86.8 Å². The number of carbonyl (C=O) groups is 2. The van der Waals surface area contributed by atoms with Gasteiger partial charge in [0.05, 0.1) is 24.6 Å². The zero-order valence-electron chi connectivity index (χ0n) is 17.3. The minimum absolute atomic E-state index is 0.0241. The zero-order chi connectivity index (χ0) is 21.7. The number of likely N-dealkylation sites (N-methyl/N-ethyl adjacent to an activating group) is 1. The van der Waals surface area contributed by atoms with E-state index in [-0.39, 0.29) is 48.5 Å². The first-order valence-electron chi connectivity index (χ1n) is 10.5. The van der Waals surface area contributed by atoms with Crippen LogP contribution < -0.4 is 5.32 Å². The number of amides is 2. The van der Waals surface area contributed by atoms with Crippen LogP contribution in [-0.4, -0.2) is 73.8 Å². The molecule has 3 rings (SSSR count). The Morgan fingerprint density at radius 3 is 2.47 bits per heavy atom. The van der Waals surface area contributed by atoms with Gasteiger partial charge >= 0.3 is 0 Å². The van der Waals surface area contributed by atoms with Gasteiger partial charge in [0.15, 0.2) is 9.84 Å². The Morgan fingerprint density at radius 2 is 1.83 bits per heavy atom. The van der Waals surface area contributed by atoms with Crippen LogP contribution in [0.25, 0.3) is 0 Å². The molecule has 1 saturated carbocycles. The summed E-state index contributed by atoms with van der Waals surface area (Å²) in [6.45, 7) is 0.00729. The summed E-state index contributed by atoms with van der Waals surface area (Å²) in [7, 11) is -1.43. The summed E-state index contributed by atoms with van der Waals surface area (Å²) < 4.78 is 37.2. The molecule has 1 aliphatic carbocycles. The Kier molecular flexibility index (Phi) is 7.46. The van der Waals surface area contributed by atoms with Gasteiger partial charge in [0, 0.05) is 17.8 Å². The largest absolute Gasteiger partial charge is 0.335 e. The number of benzene rings is 1. The summed E-state index contributed by atoms with van der Waals surface area (Å²) >= 11 is 0. The van der Waals surface area contributed by atoms with Crippen molar-refractivity contribution in [3.63, 3.8) is 0 Å². The van der Waals surface area contributed by atoms with Crippen molar-refractivity contribution >= 4 is 27.3 Å². The molecule has 1 aliphatic heterocycles. The van der Waals surface area contributed by atoms with Gasteiger partial charge in [0.2, 0.25) is 11.8 Å². The van der Waals surface area contributed by atoms with Crippen molar-refractivity contribution in [3.05, 3.63) is 30.1 Å². The number of anilines is 1. The molecule has 166 valence electrons. The molecular formula is C21H30FN3O4S. The summed E-state index contributed by atoms with van der Waals surface area (Å²) in [4.78, 5) is 28.8. The minimum atomic E-state index is -3.10. The van der Waals surface area contributed by atoms with Gasteiger partial charge in [-0.15, -0.1) is 0 Å². The van der Waals surface area contributed by atoms with E-state index in [1.54, 1.807) is 22.9 Å². The number of nitrogens with one attached hydrogen (secondary N) is 1. The van der Waals surface area contributed by atoms with Gasteiger partial charge < -0.3 is 10.2 Å². The SMILES string of the molecule is CN(CC(=O)Nc1cccc(F)c1)CC(=O)N(C1CCCCC1)C1CCS(=O)(=O)C1. The summed E-state index contributed by atoms with van der Waals surface area (Å²) in [5.41, 5.74) is 0.361. The Balaban J connectivity index is 1.60. The first kappa shape index (κ1) is 22.7. The number of carbonyl (C=O) groups excluding carboxylic acids is 2. The lowest BCUT2D eigenvalue weighted by Gasteiger charge is -2.39. The molecule has 1 atom stereocenters. The van der Waals surface area contributed by atoms with Crippen LogP contribution in [-0.2, 0) is 19.4 Å². The maximum Gasteiger partial charge on any atom is 0.238 e. The first-order chi connectivity index (χ1) is 14.2. The Labute approximate surface area is 177 Å². The fourth-order valence-corrected chi connectivity index (χ4v) is 6.15. The van der Waals surface area contributed by atoms with Gasteiger partial charge in [-0.25, -0.2) is 12.8 Å². The minimum Gasteiger partial charge on any atom is -0.335 e. The molecular weight excluding hydrogens is 409 g/mol. The Morgan fingerprint density at radius 1 is 1.10 bits per heavy atom. The molecule has 0 bridgehead atoms. The molecule has 9 heteroatoms. The van der Waals surface area contributed by atoms with Gasteiger partial charge in [-0.1, -0.05) is 25.3 Å². The lowest BCUT2D eigenvalue weighted by atomic mass is 9.93. The third kappa shape index (κ3) is 6.25. The molecule has 1 unspecified atom stereocenters. The average Bonchev–Trinajstić information content (AvgIpc) is 3.01. The average molecular weight is 440 g/mol. The summed E-state index contributed by atoms with van der Waals surface area (Å²) in [5, 5.41) is 2.62. The Bertz CT molecular complexity index is 871. The van der Waals surface area contributed by atoms with Crippen LogP contribution in [0.2, 0.25) is 0 Å². The maximum atomic E-state index is 13.3. The number of nitrogens with zero attached hydrogens (tertiary/aromatic N) is 2. The van der Waals surface area contributed by atoms with Gasteiger partial charge in [-0.05, 0) is 44.5 Å². The molecule has 1 aromatic rings. The molecule has 2 amide bonds. The molecule has 2 fully saturated rings. The highest BCUT2D eigenvalue weighted by atomic mass is 32.2. The second-order valence-electron chi connectivity index (χ2n) is 8.38. The third-order valence-electron chi connectivity index (χ3n) is 5.78. The van der Waals surface area contributed by atoms with E-state index in [2.05, 4.69) is 5.32 Å². The molecule has 0 spiro atoms. The van der Waals surface area contributed by atoms with E-state index in [4.69, 9.17) is 0 Å². The van der Waals surface area contributed by atoms with Crippen molar-refractivity contribution in [1.82, 2.24) is 9.80 Å². The van der Waals surface area contributed by atoms with Crippen molar-refractivity contribution in [3.8, 4) is 0 Å². The smallest absolute Gasteiger partial charge is 0.238 e. The van der Waals surface area contributed by atoms with Crippen molar-refractivity contribution in [2.45, 2.75) is 50.6 Å². The van der Waals surface area contributed by atoms with Crippen LogP contribution in [0, 0.1) is 5.82 Å². The van der Waals surface area contributed by atoms with Crippen molar-refractivity contribution in [2.24, 2.45) is 0 Å². The number of hydrogen-bond donors (Lipinski definition) is 1. The summed E-state index contributed by atoms with van der Waals surface area (Å²) in [6, 6.07) is 5.42. The van der Waals surface area contributed by atoms with Gasteiger partial charge in [0.1, 0.15) is 5.82 Å². The van der Waals surface area contributed by atoms with Crippen LogP contribution in [0.1, 0.15) is 38.5 Å². The zero-order valence-corrected chi connectivity index (χ0v) is 18.2. The first-order valence-corrected chi connectivity index (χ1v) is 12.3. The van der Waals surface area contributed by atoms with E-state index in [0.717, 1.165) is 32.1 Å². The van der Waals surface area contributed by atoms with E-state index in [1.165, 1.54) is 18.2 Å². The third-order valence-corrected chi connectivity index (χ3v) is 7.54. The fourth-order valence-electron chi connectivity index (χ4n) is 4.44. The molecule has 1 heterocycles. The number of halogens is 1. The summed E-state index contributed by atoms with van der Waals surface area (Å²) in [6.07, 6.45) is 5.49. The van der Waals surface area contributed by atoms with Crippen molar-refractivity contribution < 1.29 is 22.4 Å². The van der Waals surface area contributed by atoms with E-state index in [0.29, 0.717) is 12.1 Å². The molecule has 0 radical (unpaired) electrons. The van der Waals surface area contributed by atoms with Crippen LogP contribution in [0.15, 0.2) is 24.3 Å². The van der Waals surface area contributed by atoms with E-state index in [1.807, 2.05) is 0 Å². The predicted octanol–water partition coefficient (Wildman–Crippen LogP) is 2.04. The van der Waals surface area contributed by atoms with Gasteiger partial charge in [-0.2, -0.15) is 0 Å². The normalized spacial score (nSPS) is 21.5. The van der Waals surface area contributed by atoms with Crippen LogP contribution in [0.3, 0.4) is 0 Å². The fraction of sp³-hybridized carbons (Fsp3) is 0.619. The van der Waals surface area contributed by atoms with Crippen LogP contribution in [0.4, 0.5) is 10.1 Å². The number of sulfone groups is 1. The van der Waals surface area contributed by atoms with E-state index < -0.39 is 15.7 Å². The molecule has 2 aliphatic rings. The monoisotopic (exact) mass is 439 g/mol. The van der Waals surface area contributed by atoms with Gasteiger partial charge in [0.25, 0.3) is 0 Å². The molecule has 30 heavy (non-hydrogen) atoms. The number of hydrogen-bond acceptors (Lipinski definition) is 5. The lowest BCUT2D eigenvalue weighted by Crippen LogP contribution is -2.52. The molecule has 1 aromatic carbocycles. The highest BCUT2D eigenvalue weighted by molar-refractivity contribution is 7.91. The molecule has 1 saturated heterocycles. The highest BCUT2D eigenvalue weighted by Crippen LogP contribution is 2.28. The lowest BCUT2D eigenvalue weighted by molar-refractivity contribution is -0.137. The maximum absolute atomic E-state index is 13.3. The van der Waals surface area contributed by atoms with Crippen molar-refractivity contribution in [2.75, 3.05) is 37.0 Å². The van der Waals surface area contributed by atoms with Crippen LogP contribution in [0.5, 0.6) is 0 Å². The Hall–Kier alpha value is -2.00.